The van der Waals surface area contributed by atoms with Crippen LogP contribution in [0.4, 0.5) is 24.8 Å². The Hall–Kier alpha value is -2.31. The van der Waals surface area contributed by atoms with Crippen molar-refractivity contribution in [2.45, 2.75) is 51.3 Å². The number of nitrogens with zero attached hydrogens (tertiary/aromatic N) is 3. The Morgan fingerprint density at radius 3 is 2.54 bits per heavy atom. The minimum atomic E-state index is -4.55. The van der Waals surface area contributed by atoms with Gasteiger partial charge < -0.3 is 9.64 Å². The second-order valence-corrected chi connectivity index (χ2v) is 6.45. The molecule has 1 saturated carbocycles. The van der Waals surface area contributed by atoms with Crippen molar-refractivity contribution in [1.29, 1.82) is 0 Å². The summed E-state index contributed by atoms with van der Waals surface area (Å²) >= 11 is 0. The van der Waals surface area contributed by atoms with Crippen LogP contribution in [0.3, 0.4) is 0 Å². The first kappa shape index (κ1) is 18.5. The van der Waals surface area contributed by atoms with Crippen LogP contribution in [0, 0.1) is 0 Å². The van der Waals surface area contributed by atoms with E-state index >= 15 is 0 Å². The quantitative estimate of drug-likeness (QED) is 0.735. The summed E-state index contributed by atoms with van der Waals surface area (Å²) in [6.07, 6.45) is 0.293. The number of para-hydroxylation sites is 1. The molecule has 0 spiro atoms. The van der Waals surface area contributed by atoms with Crippen LogP contribution in [0.25, 0.3) is 0 Å². The molecule has 1 aliphatic rings. The Kier molecular flexibility index (Phi) is 5.34. The fourth-order valence-electron chi connectivity index (χ4n) is 3.21. The molecule has 1 aromatic heterocycles. The first-order chi connectivity index (χ1) is 12.4. The fraction of sp³-hybridized carbons (Fsp3) is 0.474. The molecule has 1 heterocycles. The average Bonchev–Trinajstić information content (AvgIpc) is 3.13. The van der Waals surface area contributed by atoms with E-state index in [0.29, 0.717) is 0 Å². The number of rotatable bonds is 5. The Bertz CT molecular complexity index is 758. The van der Waals surface area contributed by atoms with Gasteiger partial charge >= 0.3 is 6.18 Å². The lowest BCUT2D eigenvalue weighted by molar-refractivity contribution is -0.139. The zero-order valence-corrected chi connectivity index (χ0v) is 14.9. The van der Waals surface area contributed by atoms with Crippen molar-refractivity contribution in [2.75, 3.05) is 11.9 Å². The second-order valence-electron chi connectivity index (χ2n) is 6.45. The Labute approximate surface area is 151 Å². The predicted octanol–water partition coefficient (Wildman–Crippen LogP) is 5.15. The van der Waals surface area contributed by atoms with Crippen molar-refractivity contribution in [3.63, 3.8) is 0 Å². The molecule has 4 nitrogen and oxygen atoms in total. The van der Waals surface area contributed by atoms with Crippen LogP contribution in [0.2, 0.25) is 0 Å². The van der Waals surface area contributed by atoms with E-state index in [0.717, 1.165) is 49.6 Å². The van der Waals surface area contributed by atoms with Gasteiger partial charge in [0.2, 0.25) is 11.8 Å². The molecule has 3 rings (SSSR count). The molecule has 1 aliphatic carbocycles. The van der Waals surface area contributed by atoms with E-state index in [2.05, 4.69) is 9.97 Å². The molecule has 0 bridgehead atoms. The number of aryl methyl sites for hydroxylation is 1. The molecule has 0 aliphatic heterocycles. The highest BCUT2D eigenvalue weighted by Crippen LogP contribution is 2.37. The lowest BCUT2D eigenvalue weighted by Crippen LogP contribution is -2.20. The van der Waals surface area contributed by atoms with E-state index < -0.39 is 11.7 Å². The predicted molar refractivity (Wildman–Crippen MR) is 93.8 cm³/mol. The standard InChI is InChI=1S/C19H22F3N3O/c1-3-13-8-4-7-11-16(13)25(2)18-23-12-15(19(20,21)22)17(24-18)26-14-9-5-6-10-14/h4,7-8,11-12,14H,3,5-6,9-10H2,1-2H3. The SMILES string of the molecule is CCc1ccccc1N(C)c1ncc(C(F)(F)F)c(OC2CCCC2)n1. The minimum absolute atomic E-state index is 0.187. The van der Waals surface area contributed by atoms with Crippen molar-refractivity contribution < 1.29 is 17.9 Å². The summed E-state index contributed by atoms with van der Waals surface area (Å²) in [5.41, 5.74) is 1.00. The number of ether oxygens (including phenoxy) is 1. The van der Waals surface area contributed by atoms with Gasteiger partial charge in [0, 0.05) is 18.9 Å². The van der Waals surface area contributed by atoms with E-state index in [1.807, 2.05) is 31.2 Å². The van der Waals surface area contributed by atoms with Crippen molar-refractivity contribution >= 4 is 11.6 Å². The zero-order valence-electron chi connectivity index (χ0n) is 14.9. The molecular formula is C19H22F3N3O. The third-order valence-electron chi connectivity index (χ3n) is 4.66. The van der Waals surface area contributed by atoms with Gasteiger partial charge in [-0.25, -0.2) is 4.98 Å². The highest BCUT2D eigenvalue weighted by atomic mass is 19.4. The highest BCUT2D eigenvalue weighted by Gasteiger charge is 2.37. The number of anilines is 2. The normalized spacial score (nSPS) is 15.3. The van der Waals surface area contributed by atoms with Crippen LogP contribution in [0.15, 0.2) is 30.5 Å². The molecule has 1 aromatic carbocycles. The smallest absolute Gasteiger partial charge is 0.423 e. The molecule has 0 amide bonds. The summed E-state index contributed by atoms with van der Waals surface area (Å²) in [4.78, 5) is 9.77. The van der Waals surface area contributed by atoms with Gasteiger partial charge in [-0.15, -0.1) is 0 Å². The third kappa shape index (κ3) is 3.92. The summed E-state index contributed by atoms with van der Waals surface area (Å²) < 4.78 is 45.6. The molecule has 1 fully saturated rings. The molecule has 2 aromatic rings. The van der Waals surface area contributed by atoms with Crippen molar-refractivity contribution in [1.82, 2.24) is 9.97 Å². The van der Waals surface area contributed by atoms with Crippen LogP contribution in [0.5, 0.6) is 5.88 Å². The largest absolute Gasteiger partial charge is 0.474 e. The Balaban J connectivity index is 1.97. The molecule has 0 atom stereocenters. The molecule has 26 heavy (non-hydrogen) atoms. The molecule has 140 valence electrons. The number of hydrogen-bond donors (Lipinski definition) is 0. The Morgan fingerprint density at radius 1 is 1.19 bits per heavy atom. The monoisotopic (exact) mass is 365 g/mol. The second kappa shape index (κ2) is 7.51. The molecule has 0 radical (unpaired) electrons. The van der Waals surface area contributed by atoms with Crippen molar-refractivity contribution in [3.8, 4) is 5.88 Å². The van der Waals surface area contributed by atoms with Crippen LogP contribution in [-0.2, 0) is 12.6 Å². The van der Waals surface area contributed by atoms with Crippen LogP contribution < -0.4 is 9.64 Å². The number of aromatic nitrogens is 2. The van der Waals surface area contributed by atoms with E-state index in [1.165, 1.54) is 0 Å². The minimum Gasteiger partial charge on any atom is -0.474 e. The number of benzene rings is 1. The summed E-state index contributed by atoms with van der Waals surface area (Å²) in [5, 5.41) is 0. The maximum absolute atomic E-state index is 13.3. The lowest BCUT2D eigenvalue weighted by atomic mass is 10.1. The number of halogens is 3. The lowest BCUT2D eigenvalue weighted by Gasteiger charge is -2.22. The number of hydrogen-bond acceptors (Lipinski definition) is 4. The number of alkyl halides is 3. The topological polar surface area (TPSA) is 38.2 Å². The van der Waals surface area contributed by atoms with Crippen LogP contribution in [-0.4, -0.2) is 23.1 Å². The van der Waals surface area contributed by atoms with E-state index in [9.17, 15) is 13.2 Å². The molecule has 0 saturated heterocycles. The van der Waals surface area contributed by atoms with Gasteiger partial charge in [0.15, 0.2) is 0 Å². The third-order valence-corrected chi connectivity index (χ3v) is 4.66. The van der Waals surface area contributed by atoms with Gasteiger partial charge in [-0.1, -0.05) is 25.1 Å². The summed E-state index contributed by atoms with van der Waals surface area (Å²) in [7, 11) is 1.75. The summed E-state index contributed by atoms with van der Waals surface area (Å²) in [5.74, 6) is -0.192. The van der Waals surface area contributed by atoms with E-state index in [1.54, 1.807) is 11.9 Å². The fourth-order valence-corrected chi connectivity index (χ4v) is 3.21. The van der Waals surface area contributed by atoms with Crippen LogP contribution >= 0.6 is 0 Å². The van der Waals surface area contributed by atoms with Gasteiger partial charge in [0.25, 0.3) is 0 Å². The maximum Gasteiger partial charge on any atom is 0.423 e. The molecular weight excluding hydrogens is 343 g/mol. The first-order valence-electron chi connectivity index (χ1n) is 8.82. The first-order valence-corrected chi connectivity index (χ1v) is 8.82. The molecule has 7 heteroatoms. The van der Waals surface area contributed by atoms with Crippen LogP contribution in [0.1, 0.15) is 43.7 Å². The average molecular weight is 365 g/mol. The van der Waals surface area contributed by atoms with Crippen molar-refractivity contribution in [2.24, 2.45) is 0 Å². The van der Waals surface area contributed by atoms with Gasteiger partial charge in [-0.2, -0.15) is 18.2 Å². The maximum atomic E-state index is 13.3. The Morgan fingerprint density at radius 2 is 1.88 bits per heavy atom. The highest BCUT2D eigenvalue weighted by molar-refractivity contribution is 5.61. The van der Waals surface area contributed by atoms with Gasteiger partial charge in [0.1, 0.15) is 11.7 Å². The summed E-state index contributed by atoms with van der Waals surface area (Å²) in [6.45, 7) is 2.02. The van der Waals surface area contributed by atoms with Crippen molar-refractivity contribution in [3.05, 3.63) is 41.6 Å². The molecule has 0 N–H and O–H groups in total. The van der Waals surface area contributed by atoms with E-state index in [-0.39, 0.29) is 17.9 Å². The zero-order chi connectivity index (χ0) is 18.7. The summed E-state index contributed by atoms with van der Waals surface area (Å²) in [6, 6.07) is 7.69. The molecule has 0 unspecified atom stereocenters. The van der Waals surface area contributed by atoms with Gasteiger partial charge in [0.05, 0.1) is 0 Å². The van der Waals surface area contributed by atoms with Gasteiger partial charge in [-0.05, 0) is 43.7 Å². The van der Waals surface area contributed by atoms with E-state index in [4.69, 9.17) is 4.74 Å². The van der Waals surface area contributed by atoms with Gasteiger partial charge in [-0.3, -0.25) is 0 Å².